The molecule has 0 aliphatic heterocycles. The third kappa shape index (κ3) is 5.04. The number of rotatable bonds is 9. The Labute approximate surface area is 177 Å². The van der Waals surface area contributed by atoms with Gasteiger partial charge in [-0.1, -0.05) is 18.2 Å². The molecule has 3 aromatic heterocycles. The highest BCUT2D eigenvalue weighted by molar-refractivity contribution is 5.82. The molecule has 0 fully saturated rings. The van der Waals surface area contributed by atoms with Crippen LogP contribution in [0.25, 0.3) is 11.5 Å². The first-order chi connectivity index (χ1) is 15.2. The summed E-state index contributed by atoms with van der Waals surface area (Å²) in [4.78, 5) is 22.1. The molecule has 0 radical (unpaired) electrons. The SMILES string of the molecule is O=CN(Cc1cccnc1)c1ccc(-c2nn[nH]n2)nc1NCCc1cccc(F)c1. The summed E-state index contributed by atoms with van der Waals surface area (Å²) in [7, 11) is 0. The van der Waals surface area contributed by atoms with Gasteiger partial charge in [0.05, 0.1) is 12.2 Å². The Morgan fingerprint density at radius 2 is 2.03 bits per heavy atom. The van der Waals surface area contributed by atoms with Crippen molar-refractivity contribution >= 4 is 17.9 Å². The van der Waals surface area contributed by atoms with Crippen LogP contribution in [0.1, 0.15) is 11.1 Å². The van der Waals surface area contributed by atoms with Gasteiger partial charge in [-0.2, -0.15) is 5.21 Å². The van der Waals surface area contributed by atoms with Crippen LogP contribution < -0.4 is 10.2 Å². The van der Waals surface area contributed by atoms with Crippen molar-refractivity contribution in [1.29, 1.82) is 0 Å². The standard InChI is InChI=1S/C21H19FN8O/c22-17-5-1-3-15(11-17)8-10-24-21-19(7-6-18(25-21)20-26-28-29-27-20)30(14-31)13-16-4-2-9-23-12-16/h1-7,9,11-12,14H,8,10,13H2,(H,24,25)(H,26,27,28,29). The molecule has 0 unspecified atom stereocenters. The minimum absolute atomic E-state index is 0.279. The van der Waals surface area contributed by atoms with Crippen molar-refractivity contribution in [3.05, 3.63) is 77.9 Å². The smallest absolute Gasteiger partial charge is 0.223 e. The molecule has 0 aliphatic carbocycles. The van der Waals surface area contributed by atoms with Crippen molar-refractivity contribution in [3.63, 3.8) is 0 Å². The van der Waals surface area contributed by atoms with Crippen LogP contribution in [0.3, 0.4) is 0 Å². The van der Waals surface area contributed by atoms with Gasteiger partial charge in [0.25, 0.3) is 0 Å². The average molecular weight is 418 g/mol. The van der Waals surface area contributed by atoms with Crippen molar-refractivity contribution in [2.45, 2.75) is 13.0 Å². The lowest BCUT2D eigenvalue weighted by molar-refractivity contribution is -0.107. The molecular weight excluding hydrogens is 399 g/mol. The summed E-state index contributed by atoms with van der Waals surface area (Å²) in [5.74, 6) is 0.540. The number of pyridine rings is 2. The molecule has 10 heteroatoms. The second kappa shape index (κ2) is 9.53. The molecule has 3 heterocycles. The number of halogens is 1. The molecule has 0 bridgehead atoms. The lowest BCUT2D eigenvalue weighted by Crippen LogP contribution is -2.23. The summed E-state index contributed by atoms with van der Waals surface area (Å²) in [6, 6.07) is 13.6. The Hall–Kier alpha value is -4.21. The van der Waals surface area contributed by atoms with E-state index >= 15 is 0 Å². The number of benzene rings is 1. The number of anilines is 2. The summed E-state index contributed by atoms with van der Waals surface area (Å²) in [5.41, 5.74) is 2.82. The number of carbonyl (C=O) groups excluding carboxylic acids is 1. The number of H-pyrrole nitrogens is 1. The Kier molecular flexibility index (Phi) is 6.17. The van der Waals surface area contributed by atoms with Gasteiger partial charge in [0.15, 0.2) is 5.82 Å². The van der Waals surface area contributed by atoms with Gasteiger partial charge >= 0.3 is 0 Å². The number of carbonyl (C=O) groups is 1. The molecule has 2 N–H and O–H groups in total. The maximum Gasteiger partial charge on any atom is 0.223 e. The maximum atomic E-state index is 13.4. The van der Waals surface area contributed by atoms with E-state index < -0.39 is 0 Å². The Bertz CT molecular complexity index is 1140. The molecule has 0 saturated heterocycles. The fourth-order valence-corrected chi connectivity index (χ4v) is 3.09. The zero-order chi connectivity index (χ0) is 21.5. The van der Waals surface area contributed by atoms with Gasteiger partial charge in [-0.15, -0.1) is 10.2 Å². The quantitative estimate of drug-likeness (QED) is 0.402. The van der Waals surface area contributed by atoms with Crippen LogP contribution in [-0.2, 0) is 17.8 Å². The first kappa shape index (κ1) is 20.1. The third-order valence-electron chi connectivity index (χ3n) is 4.56. The summed E-state index contributed by atoms with van der Waals surface area (Å²) in [6.07, 6.45) is 4.70. The zero-order valence-electron chi connectivity index (χ0n) is 16.4. The largest absolute Gasteiger partial charge is 0.368 e. The van der Waals surface area contributed by atoms with Gasteiger partial charge in [0.1, 0.15) is 11.5 Å². The van der Waals surface area contributed by atoms with E-state index in [4.69, 9.17) is 0 Å². The van der Waals surface area contributed by atoms with Crippen LogP contribution in [-0.4, -0.2) is 43.5 Å². The van der Waals surface area contributed by atoms with Crippen molar-refractivity contribution in [3.8, 4) is 11.5 Å². The molecule has 0 atom stereocenters. The van der Waals surface area contributed by atoms with Crippen LogP contribution in [0.5, 0.6) is 0 Å². The van der Waals surface area contributed by atoms with Gasteiger partial charge in [-0.25, -0.2) is 9.37 Å². The van der Waals surface area contributed by atoms with Crippen LogP contribution in [0, 0.1) is 5.82 Å². The number of aromatic nitrogens is 6. The molecule has 31 heavy (non-hydrogen) atoms. The second-order valence-electron chi connectivity index (χ2n) is 6.70. The lowest BCUT2D eigenvalue weighted by atomic mass is 10.1. The van der Waals surface area contributed by atoms with Crippen molar-refractivity contribution < 1.29 is 9.18 Å². The molecule has 156 valence electrons. The van der Waals surface area contributed by atoms with Crippen LogP contribution >= 0.6 is 0 Å². The monoisotopic (exact) mass is 418 g/mol. The maximum absolute atomic E-state index is 13.4. The first-order valence-electron chi connectivity index (χ1n) is 9.57. The number of tetrazole rings is 1. The molecule has 0 saturated carbocycles. The summed E-state index contributed by atoms with van der Waals surface area (Å²) in [5, 5.41) is 17.1. The van der Waals surface area contributed by atoms with Gasteiger partial charge in [-0.3, -0.25) is 9.78 Å². The van der Waals surface area contributed by atoms with Crippen molar-refractivity contribution in [2.75, 3.05) is 16.8 Å². The Balaban J connectivity index is 1.59. The molecule has 0 spiro atoms. The number of amides is 1. The fraction of sp³-hybridized carbons (Fsp3) is 0.143. The predicted molar refractivity (Wildman–Crippen MR) is 112 cm³/mol. The zero-order valence-corrected chi connectivity index (χ0v) is 16.4. The number of aromatic amines is 1. The highest BCUT2D eigenvalue weighted by Gasteiger charge is 2.16. The van der Waals surface area contributed by atoms with E-state index in [1.54, 1.807) is 30.6 Å². The molecule has 4 aromatic rings. The minimum atomic E-state index is -0.279. The van der Waals surface area contributed by atoms with E-state index in [0.29, 0.717) is 42.5 Å². The van der Waals surface area contributed by atoms with E-state index in [-0.39, 0.29) is 5.82 Å². The van der Waals surface area contributed by atoms with Crippen molar-refractivity contribution in [2.24, 2.45) is 0 Å². The van der Waals surface area contributed by atoms with Gasteiger partial charge in [0.2, 0.25) is 12.2 Å². The third-order valence-corrected chi connectivity index (χ3v) is 4.56. The molecule has 1 amide bonds. The van der Waals surface area contributed by atoms with E-state index in [1.807, 2.05) is 18.2 Å². The molecule has 0 aliphatic rings. The molecule has 1 aromatic carbocycles. The second-order valence-corrected chi connectivity index (χ2v) is 6.70. The summed E-state index contributed by atoms with van der Waals surface area (Å²) in [6.45, 7) is 0.817. The predicted octanol–water partition coefficient (Wildman–Crippen LogP) is 2.61. The Morgan fingerprint density at radius 3 is 2.77 bits per heavy atom. The molecule has 4 rings (SSSR count). The summed E-state index contributed by atoms with van der Waals surface area (Å²) >= 11 is 0. The van der Waals surface area contributed by atoms with Gasteiger partial charge in [-0.05, 0) is 53.1 Å². The van der Waals surface area contributed by atoms with E-state index in [0.717, 1.165) is 17.5 Å². The van der Waals surface area contributed by atoms with Crippen LogP contribution in [0.4, 0.5) is 15.9 Å². The topological polar surface area (TPSA) is 113 Å². The normalized spacial score (nSPS) is 10.6. The fourth-order valence-electron chi connectivity index (χ4n) is 3.09. The first-order valence-corrected chi connectivity index (χ1v) is 9.57. The van der Waals surface area contributed by atoms with Gasteiger partial charge in [0, 0.05) is 18.9 Å². The van der Waals surface area contributed by atoms with Gasteiger partial charge < -0.3 is 10.2 Å². The van der Waals surface area contributed by atoms with E-state index in [9.17, 15) is 9.18 Å². The van der Waals surface area contributed by atoms with E-state index in [2.05, 4.69) is 35.9 Å². The van der Waals surface area contributed by atoms with Crippen LogP contribution in [0.15, 0.2) is 60.9 Å². The highest BCUT2D eigenvalue weighted by Crippen LogP contribution is 2.27. The molecule has 9 nitrogen and oxygen atoms in total. The van der Waals surface area contributed by atoms with Crippen LogP contribution in [0.2, 0.25) is 0 Å². The number of nitrogens with zero attached hydrogens (tertiary/aromatic N) is 6. The lowest BCUT2D eigenvalue weighted by Gasteiger charge is -2.21. The Morgan fingerprint density at radius 1 is 1.13 bits per heavy atom. The van der Waals surface area contributed by atoms with E-state index in [1.165, 1.54) is 17.0 Å². The summed E-state index contributed by atoms with van der Waals surface area (Å²) < 4.78 is 13.4. The van der Waals surface area contributed by atoms with Crippen molar-refractivity contribution in [1.82, 2.24) is 30.6 Å². The number of hydrogen-bond acceptors (Lipinski definition) is 7. The molecular formula is C21H19FN8O. The highest BCUT2D eigenvalue weighted by atomic mass is 19.1. The minimum Gasteiger partial charge on any atom is -0.368 e. The number of nitrogens with one attached hydrogen (secondary N) is 2. The average Bonchev–Trinajstić information content (AvgIpc) is 3.33. The number of hydrogen-bond donors (Lipinski definition) is 2.